The molecule has 0 aliphatic carbocycles. The number of carbonyl (C=O) groups excluding carboxylic acids is 1. The van der Waals surface area contributed by atoms with Gasteiger partial charge in [0.2, 0.25) is 5.78 Å². The van der Waals surface area contributed by atoms with Crippen LogP contribution < -0.4 is 9.47 Å². The number of methoxy groups -OCH3 is 1. The zero-order valence-corrected chi connectivity index (χ0v) is 17.3. The molecule has 0 amide bonds. The summed E-state index contributed by atoms with van der Waals surface area (Å²) in [6, 6.07) is 8.80. The number of allylic oxidation sites excluding steroid dienone is 1. The number of benzene rings is 2. The van der Waals surface area contributed by atoms with Crippen molar-refractivity contribution in [2.45, 2.75) is 25.8 Å². The average molecular weight is 444 g/mol. The number of Topliss-reactive ketones (excluding diaryl/α,β-unsaturated/α-hetero) is 1. The van der Waals surface area contributed by atoms with E-state index in [0.717, 1.165) is 36.0 Å². The van der Waals surface area contributed by atoms with Crippen LogP contribution in [0.25, 0.3) is 6.08 Å². The van der Waals surface area contributed by atoms with E-state index in [9.17, 15) is 9.90 Å². The van der Waals surface area contributed by atoms with Gasteiger partial charge in [0.05, 0.1) is 18.2 Å². The van der Waals surface area contributed by atoms with Crippen LogP contribution in [-0.2, 0) is 6.54 Å². The predicted octanol–water partition coefficient (Wildman–Crippen LogP) is 4.77. The summed E-state index contributed by atoms with van der Waals surface area (Å²) in [6.07, 6.45) is 5.24. The summed E-state index contributed by atoms with van der Waals surface area (Å²) in [7, 11) is 1.59. The van der Waals surface area contributed by atoms with Gasteiger partial charge in [-0.3, -0.25) is 9.69 Å². The van der Waals surface area contributed by atoms with Gasteiger partial charge in [0.1, 0.15) is 17.2 Å². The molecule has 1 fully saturated rings. The first-order valence-electron chi connectivity index (χ1n) is 9.42. The largest absolute Gasteiger partial charge is 0.507 e. The van der Waals surface area contributed by atoms with Crippen molar-refractivity contribution >= 4 is 27.8 Å². The molecule has 2 aromatic rings. The standard InChI is InChI=1S/C22H22BrNO4/c1-27-19-8-5-15(23)11-14(19)12-20-21(26)16-6-7-18(25)17(22(16)28-20)13-24-9-3-2-4-10-24/h5-8,11-12,25H,2-4,9-10,13H2,1H3/b20-12-. The van der Waals surface area contributed by atoms with E-state index in [2.05, 4.69) is 20.8 Å². The van der Waals surface area contributed by atoms with Crippen molar-refractivity contribution in [3.05, 3.63) is 57.3 Å². The van der Waals surface area contributed by atoms with Crippen LogP contribution in [0.15, 0.2) is 40.6 Å². The van der Waals surface area contributed by atoms with Crippen molar-refractivity contribution in [3.8, 4) is 17.2 Å². The number of rotatable bonds is 4. The molecule has 0 saturated carbocycles. The number of hydrogen-bond donors (Lipinski definition) is 1. The van der Waals surface area contributed by atoms with Gasteiger partial charge in [0.15, 0.2) is 5.76 Å². The Morgan fingerprint density at radius 3 is 2.75 bits per heavy atom. The van der Waals surface area contributed by atoms with Crippen LogP contribution >= 0.6 is 15.9 Å². The molecular weight excluding hydrogens is 422 g/mol. The number of nitrogens with zero attached hydrogens (tertiary/aromatic N) is 1. The van der Waals surface area contributed by atoms with E-state index >= 15 is 0 Å². The number of hydrogen-bond acceptors (Lipinski definition) is 5. The summed E-state index contributed by atoms with van der Waals surface area (Å²) in [5.41, 5.74) is 1.91. The molecule has 0 atom stereocenters. The molecule has 28 heavy (non-hydrogen) atoms. The van der Waals surface area contributed by atoms with Crippen molar-refractivity contribution < 1.29 is 19.4 Å². The summed E-state index contributed by atoms with van der Waals surface area (Å²) in [4.78, 5) is 15.2. The molecule has 0 unspecified atom stereocenters. The van der Waals surface area contributed by atoms with E-state index < -0.39 is 0 Å². The number of phenolic OH excluding ortho intramolecular Hbond substituents is 1. The monoisotopic (exact) mass is 443 g/mol. The van der Waals surface area contributed by atoms with Gasteiger partial charge in [-0.1, -0.05) is 22.4 Å². The molecule has 0 radical (unpaired) electrons. The zero-order valence-electron chi connectivity index (χ0n) is 15.7. The molecule has 2 aliphatic rings. The van der Waals surface area contributed by atoms with Crippen LogP contribution in [-0.4, -0.2) is 36.0 Å². The van der Waals surface area contributed by atoms with Crippen molar-refractivity contribution in [1.29, 1.82) is 0 Å². The number of ketones is 1. The summed E-state index contributed by atoms with van der Waals surface area (Å²) >= 11 is 3.45. The van der Waals surface area contributed by atoms with Crippen molar-refractivity contribution in [3.63, 3.8) is 0 Å². The van der Waals surface area contributed by atoms with E-state index in [4.69, 9.17) is 9.47 Å². The molecule has 1 saturated heterocycles. The Kier molecular flexibility index (Phi) is 5.42. The molecule has 0 aromatic heterocycles. The van der Waals surface area contributed by atoms with Gasteiger partial charge in [0.25, 0.3) is 0 Å². The molecule has 6 heteroatoms. The third kappa shape index (κ3) is 3.66. The fraction of sp³-hybridized carbons (Fsp3) is 0.318. The van der Waals surface area contributed by atoms with Gasteiger partial charge in [-0.25, -0.2) is 0 Å². The molecule has 1 N–H and O–H groups in total. The number of likely N-dealkylation sites (tertiary alicyclic amines) is 1. The second-order valence-corrected chi connectivity index (χ2v) is 8.02. The first-order chi connectivity index (χ1) is 13.6. The number of halogens is 1. The quantitative estimate of drug-likeness (QED) is 0.689. The third-order valence-electron chi connectivity index (χ3n) is 5.22. The summed E-state index contributed by atoms with van der Waals surface area (Å²) < 4.78 is 12.2. The molecule has 2 aromatic carbocycles. The van der Waals surface area contributed by atoms with Gasteiger partial charge in [0, 0.05) is 16.6 Å². The fourth-order valence-electron chi connectivity index (χ4n) is 3.75. The zero-order chi connectivity index (χ0) is 19.7. The third-order valence-corrected chi connectivity index (χ3v) is 5.72. The minimum Gasteiger partial charge on any atom is -0.507 e. The maximum Gasteiger partial charge on any atom is 0.231 e. The van der Waals surface area contributed by atoms with E-state index in [0.29, 0.717) is 29.2 Å². The van der Waals surface area contributed by atoms with E-state index in [1.54, 1.807) is 25.3 Å². The van der Waals surface area contributed by atoms with Gasteiger partial charge < -0.3 is 14.6 Å². The topological polar surface area (TPSA) is 59.0 Å². The Balaban J connectivity index is 1.68. The molecule has 0 bridgehead atoms. The van der Waals surface area contributed by atoms with Crippen LogP contribution in [0.1, 0.15) is 40.7 Å². The summed E-state index contributed by atoms with van der Waals surface area (Å²) in [6.45, 7) is 2.57. The number of fused-ring (bicyclic) bond motifs is 1. The summed E-state index contributed by atoms with van der Waals surface area (Å²) in [5, 5.41) is 10.4. The number of piperidine rings is 1. The Morgan fingerprint density at radius 2 is 2.00 bits per heavy atom. The minimum atomic E-state index is -0.183. The van der Waals surface area contributed by atoms with E-state index in [1.807, 2.05) is 18.2 Å². The van der Waals surface area contributed by atoms with Crippen molar-refractivity contribution in [2.24, 2.45) is 0 Å². The lowest BCUT2D eigenvalue weighted by atomic mass is 10.0. The van der Waals surface area contributed by atoms with E-state index in [1.165, 1.54) is 6.42 Å². The lowest BCUT2D eigenvalue weighted by Crippen LogP contribution is -2.29. The molecule has 146 valence electrons. The molecule has 4 rings (SSSR count). The Morgan fingerprint density at radius 1 is 1.21 bits per heavy atom. The van der Waals surface area contributed by atoms with Crippen LogP contribution in [0.5, 0.6) is 17.2 Å². The Hall–Kier alpha value is -2.31. The maximum absolute atomic E-state index is 12.9. The molecule has 0 spiro atoms. The van der Waals surface area contributed by atoms with Crippen molar-refractivity contribution in [1.82, 2.24) is 4.90 Å². The highest BCUT2D eigenvalue weighted by atomic mass is 79.9. The van der Waals surface area contributed by atoms with Gasteiger partial charge in [-0.15, -0.1) is 0 Å². The normalized spacial score (nSPS) is 18.2. The number of aromatic hydroxyl groups is 1. The number of ether oxygens (including phenoxy) is 2. The van der Waals surface area contributed by atoms with Crippen LogP contribution in [0, 0.1) is 0 Å². The highest BCUT2D eigenvalue weighted by Crippen LogP contribution is 2.41. The Labute approximate surface area is 172 Å². The van der Waals surface area contributed by atoms with Gasteiger partial charge >= 0.3 is 0 Å². The fourth-order valence-corrected chi connectivity index (χ4v) is 4.13. The molecule has 2 aliphatic heterocycles. The van der Waals surface area contributed by atoms with Gasteiger partial charge in [-0.2, -0.15) is 0 Å². The Bertz CT molecular complexity index is 948. The van der Waals surface area contributed by atoms with Crippen LogP contribution in [0.3, 0.4) is 0 Å². The highest BCUT2D eigenvalue weighted by Gasteiger charge is 2.32. The molecular formula is C22H22BrNO4. The predicted molar refractivity (Wildman–Crippen MR) is 111 cm³/mol. The SMILES string of the molecule is COc1ccc(Br)cc1/C=C1\Oc2c(ccc(O)c2CN2CCCCC2)C1=O. The smallest absolute Gasteiger partial charge is 0.231 e. The van der Waals surface area contributed by atoms with Crippen LogP contribution in [0.2, 0.25) is 0 Å². The lowest BCUT2D eigenvalue weighted by Gasteiger charge is -2.27. The van der Waals surface area contributed by atoms with E-state index in [-0.39, 0.29) is 17.3 Å². The average Bonchev–Trinajstić information content (AvgIpc) is 3.01. The first-order valence-corrected chi connectivity index (χ1v) is 10.2. The second-order valence-electron chi connectivity index (χ2n) is 7.10. The molecule has 2 heterocycles. The lowest BCUT2D eigenvalue weighted by molar-refractivity contribution is 0.101. The minimum absolute atomic E-state index is 0.165. The van der Waals surface area contributed by atoms with Crippen molar-refractivity contribution in [2.75, 3.05) is 20.2 Å². The maximum atomic E-state index is 12.9. The number of carbonyl (C=O) groups is 1. The van der Waals surface area contributed by atoms with Gasteiger partial charge in [-0.05, 0) is 62.3 Å². The molecule has 5 nitrogen and oxygen atoms in total. The number of phenols is 1. The highest BCUT2D eigenvalue weighted by molar-refractivity contribution is 9.10. The van der Waals surface area contributed by atoms with Crippen LogP contribution in [0.4, 0.5) is 0 Å². The second kappa shape index (κ2) is 7.97. The summed E-state index contributed by atoms with van der Waals surface area (Å²) in [5.74, 6) is 1.34. The first kappa shape index (κ1) is 19.0.